The van der Waals surface area contributed by atoms with E-state index in [2.05, 4.69) is 0 Å². The molecule has 3 atom stereocenters. The topological polar surface area (TPSA) is 93.0 Å². The van der Waals surface area contributed by atoms with E-state index in [-0.39, 0.29) is 5.69 Å². The number of benzene rings is 3. The van der Waals surface area contributed by atoms with Crippen molar-refractivity contribution in [1.82, 2.24) is 0 Å². The van der Waals surface area contributed by atoms with Crippen molar-refractivity contribution >= 4 is 28.9 Å². The zero-order valence-electron chi connectivity index (χ0n) is 16.2. The Kier molecular flexibility index (Phi) is 4.48. The van der Waals surface area contributed by atoms with Gasteiger partial charge in [-0.1, -0.05) is 48.5 Å². The summed E-state index contributed by atoms with van der Waals surface area (Å²) in [6, 6.07) is 23.2. The monoisotopic (exact) mass is 415 g/mol. The number of hydrogen-bond acceptors (Lipinski definition) is 6. The molecular weight excluding hydrogens is 398 g/mol. The first-order chi connectivity index (χ1) is 15.1. The number of amides is 2. The summed E-state index contributed by atoms with van der Waals surface area (Å²) in [5.41, 5.74) is 1.56. The summed E-state index contributed by atoms with van der Waals surface area (Å²) in [5, 5.41) is 12.9. The van der Waals surface area contributed by atoms with Crippen LogP contribution in [-0.4, -0.2) is 22.8 Å². The number of imide groups is 1. The molecule has 31 heavy (non-hydrogen) atoms. The molecule has 5 rings (SSSR count). The van der Waals surface area contributed by atoms with Crippen LogP contribution in [0.3, 0.4) is 0 Å². The number of hydrogen-bond donors (Lipinski definition) is 0. The third-order valence-electron chi connectivity index (χ3n) is 5.56. The fraction of sp³-hybridized carbons (Fsp3) is 0.130. The van der Waals surface area contributed by atoms with Gasteiger partial charge in [0.15, 0.2) is 6.10 Å². The Hall–Kier alpha value is -4.04. The van der Waals surface area contributed by atoms with Crippen molar-refractivity contribution in [2.45, 2.75) is 12.1 Å². The molecule has 0 spiro atoms. The number of rotatable bonds is 4. The van der Waals surface area contributed by atoms with Gasteiger partial charge in [0.05, 0.1) is 22.3 Å². The Bertz CT molecular complexity index is 1170. The maximum atomic E-state index is 13.4. The number of fused-ring (bicyclic) bond motifs is 1. The van der Waals surface area contributed by atoms with Crippen LogP contribution in [0.1, 0.15) is 11.6 Å². The van der Waals surface area contributed by atoms with E-state index in [0.717, 1.165) is 4.90 Å². The molecule has 154 valence electrons. The van der Waals surface area contributed by atoms with Gasteiger partial charge in [0.25, 0.3) is 11.6 Å². The van der Waals surface area contributed by atoms with Crippen LogP contribution < -0.4 is 9.96 Å². The SMILES string of the molecule is O=C1C2ON(c3ccccc3)C(c3cccc([N+](=O)[O-])c3)C2C(=O)N1c1ccccc1. The highest BCUT2D eigenvalue weighted by Gasteiger charge is 2.60. The van der Waals surface area contributed by atoms with Crippen LogP contribution in [0.4, 0.5) is 17.1 Å². The minimum Gasteiger partial charge on any atom is -0.273 e. The normalized spacial score (nSPS) is 22.6. The van der Waals surface area contributed by atoms with Crippen molar-refractivity contribution in [2.24, 2.45) is 5.92 Å². The van der Waals surface area contributed by atoms with E-state index in [9.17, 15) is 19.7 Å². The summed E-state index contributed by atoms with van der Waals surface area (Å²) in [6.07, 6.45) is -1.02. The molecule has 3 unspecified atom stereocenters. The lowest BCUT2D eigenvalue weighted by atomic mass is 9.90. The van der Waals surface area contributed by atoms with Crippen LogP contribution in [0.5, 0.6) is 0 Å². The Balaban J connectivity index is 1.61. The number of hydroxylamine groups is 1. The van der Waals surface area contributed by atoms with E-state index in [1.807, 2.05) is 18.2 Å². The van der Waals surface area contributed by atoms with E-state index in [0.29, 0.717) is 16.9 Å². The molecule has 0 radical (unpaired) electrons. The lowest BCUT2D eigenvalue weighted by molar-refractivity contribution is -0.384. The number of anilines is 2. The molecule has 2 aliphatic heterocycles. The molecule has 3 aromatic rings. The highest BCUT2D eigenvalue weighted by molar-refractivity contribution is 6.23. The molecule has 8 nitrogen and oxygen atoms in total. The summed E-state index contributed by atoms with van der Waals surface area (Å²) in [7, 11) is 0. The number of carbonyl (C=O) groups excluding carboxylic acids is 2. The first-order valence-corrected chi connectivity index (χ1v) is 9.74. The average molecular weight is 415 g/mol. The van der Waals surface area contributed by atoms with Crippen LogP contribution >= 0.6 is 0 Å². The second kappa shape index (κ2) is 7.33. The van der Waals surface area contributed by atoms with Gasteiger partial charge >= 0.3 is 0 Å². The largest absolute Gasteiger partial charge is 0.273 e. The van der Waals surface area contributed by atoms with Crippen LogP contribution in [0.25, 0.3) is 0 Å². The van der Waals surface area contributed by atoms with E-state index < -0.39 is 34.8 Å². The van der Waals surface area contributed by atoms with Gasteiger partial charge in [0, 0.05) is 12.1 Å². The second-order valence-corrected chi connectivity index (χ2v) is 7.36. The molecule has 0 bridgehead atoms. The predicted octanol–water partition coefficient (Wildman–Crippen LogP) is 3.65. The van der Waals surface area contributed by atoms with Crippen LogP contribution in [0, 0.1) is 16.0 Å². The fourth-order valence-electron chi connectivity index (χ4n) is 4.21. The number of para-hydroxylation sites is 2. The summed E-state index contributed by atoms with van der Waals surface area (Å²) < 4.78 is 0. The molecule has 2 heterocycles. The number of carbonyl (C=O) groups is 2. The van der Waals surface area contributed by atoms with Crippen molar-refractivity contribution in [3.8, 4) is 0 Å². The van der Waals surface area contributed by atoms with Crippen molar-refractivity contribution in [3.05, 3.63) is 101 Å². The highest BCUT2D eigenvalue weighted by atomic mass is 16.7. The van der Waals surface area contributed by atoms with Gasteiger partial charge in [0.2, 0.25) is 5.91 Å². The molecule has 2 amide bonds. The van der Waals surface area contributed by atoms with Gasteiger partial charge in [-0.15, -0.1) is 0 Å². The van der Waals surface area contributed by atoms with Gasteiger partial charge in [-0.3, -0.25) is 24.5 Å². The number of nitrogens with zero attached hydrogens (tertiary/aromatic N) is 3. The van der Waals surface area contributed by atoms with Gasteiger partial charge in [-0.2, -0.15) is 0 Å². The van der Waals surface area contributed by atoms with Crippen molar-refractivity contribution in [1.29, 1.82) is 0 Å². The number of nitro benzene ring substituents is 1. The number of non-ortho nitro benzene ring substituents is 1. The first kappa shape index (κ1) is 19.0. The van der Waals surface area contributed by atoms with Gasteiger partial charge in [0.1, 0.15) is 5.92 Å². The van der Waals surface area contributed by atoms with Crippen LogP contribution in [0.2, 0.25) is 0 Å². The fourth-order valence-corrected chi connectivity index (χ4v) is 4.21. The maximum absolute atomic E-state index is 13.4. The molecule has 0 N–H and O–H groups in total. The zero-order chi connectivity index (χ0) is 21.5. The highest BCUT2D eigenvalue weighted by Crippen LogP contribution is 2.47. The smallest absolute Gasteiger partial charge is 0.269 e. The van der Waals surface area contributed by atoms with Crippen molar-refractivity contribution < 1.29 is 19.3 Å². The lowest BCUT2D eigenvalue weighted by Crippen LogP contribution is -2.37. The second-order valence-electron chi connectivity index (χ2n) is 7.36. The molecule has 2 aliphatic rings. The van der Waals surface area contributed by atoms with E-state index >= 15 is 0 Å². The van der Waals surface area contributed by atoms with Crippen molar-refractivity contribution in [2.75, 3.05) is 9.96 Å². The van der Waals surface area contributed by atoms with Gasteiger partial charge < -0.3 is 0 Å². The quantitative estimate of drug-likeness (QED) is 0.367. The van der Waals surface area contributed by atoms with Crippen LogP contribution in [-0.2, 0) is 14.4 Å². The molecule has 0 saturated carbocycles. The summed E-state index contributed by atoms with van der Waals surface area (Å²) in [4.78, 5) is 44.6. The molecule has 8 heteroatoms. The van der Waals surface area contributed by atoms with E-state index in [1.54, 1.807) is 54.6 Å². The Labute approximate surface area is 177 Å². The third-order valence-corrected chi connectivity index (χ3v) is 5.56. The first-order valence-electron chi connectivity index (χ1n) is 9.74. The maximum Gasteiger partial charge on any atom is 0.269 e. The standard InChI is InChI=1S/C23H17N3O5/c27-22-19-20(15-8-7-13-18(14-15)26(29)30)25(17-11-5-2-6-12-17)31-21(19)23(28)24(22)16-9-3-1-4-10-16/h1-14,19-21H. The minimum absolute atomic E-state index is 0.0920. The lowest BCUT2D eigenvalue weighted by Gasteiger charge is -2.28. The molecule has 2 saturated heterocycles. The predicted molar refractivity (Wildman–Crippen MR) is 112 cm³/mol. The molecule has 0 aliphatic carbocycles. The Morgan fingerprint density at radius 3 is 2.10 bits per heavy atom. The molecule has 2 fully saturated rings. The summed E-state index contributed by atoms with van der Waals surface area (Å²) >= 11 is 0. The number of nitro groups is 1. The minimum atomic E-state index is -1.02. The van der Waals surface area contributed by atoms with E-state index in [1.165, 1.54) is 17.2 Å². The Morgan fingerprint density at radius 2 is 1.45 bits per heavy atom. The third kappa shape index (κ3) is 3.04. The van der Waals surface area contributed by atoms with Gasteiger partial charge in [-0.25, -0.2) is 9.96 Å². The summed E-state index contributed by atoms with van der Waals surface area (Å²) in [5.74, 6) is -1.68. The average Bonchev–Trinajstić information content (AvgIpc) is 3.31. The van der Waals surface area contributed by atoms with Crippen LogP contribution in [0.15, 0.2) is 84.9 Å². The van der Waals surface area contributed by atoms with E-state index in [4.69, 9.17) is 4.84 Å². The zero-order valence-corrected chi connectivity index (χ0v) is 16.2. The van der Waals surface area contributed by atoms with Crippen molar-refractivity contribution in [3.63, 3.8) is 0 Å². The molecule has 0 aromatic heterocycles. The van der Waals surface area contributed by atoms with Gasteiger partial charge in [-0.05, 0) is 29.8 Å². The molecule has 3 aromatic carbocycles. The summed E-state index contributed by atoms with van der Waals surface area (Å²) in [6.45, 7) is 0. The molecular formula is C23H17N3O5. The Morgan fingerprint density at radius 1 is 0.806 bits per heavy atom.